The third-order valence-corrected chi connectivity index (χ3v) is 5.13. The first-order valence-electron chi connectivity index (χ1n) is 6.53. The summed E-state index contributed by atoms with van der Waals surface area (Å²) in [4.78, 5) is 15.3. The van der Waals surface area contributed by atoms with Crippen LogP contribution in [0.15, 0.2) is 40.2 Å². The van der Waals surface area contributed by atoms with Gasteiger partial charge in [0.15, 0.2) is 0 Å². The predicted molar refractivity (Wildman–Crippen MR) is 86.5 cm³/mol. The van der Waals surface area contributed by atoms with Gasteiger partial charge in [0.25, 0.3) is 0 Å². The molecule has 1 N–H and O–H groups in total. The van der Waals surface area contributed by atoms with Crippen LogP contribution in [0.5, 0.6) is 0 Å². The second-order valence-corrected chi connectivity index (χ2v) is 7.48. The number of carbonyl (C=O) groups excluding carboxylic acids is 1. The van der Waals surface area contributed by atoms with E-state index in [1.165, 1.54) is 5.56 Å². The number of halogens is 1. The van der Waals surface area contributed by atoms with Crippen molar-refractivity contribution in [3.05, 3.63) is 50.6 Å². The molecule has 1 aromatic carbocycles. The molecule has 3 rings (SSSR count). The normalized spacial score (nSPS) is 17.1. The summed E-state index contributed by atoms with van der Waals surface area (Å²) in [5.74, 6) is 0.396. The van der Waals surface area contributed by atoms with Crippen molar-refractivity contribution in [2.75, 3.05) is 11.4 Å². The third kappa shape index (κ3) is 2.60. The van der Waals surface area contributed by atoms with E-state index >= 15 is 0 Å². The van der Waals surface area contributed by atoms with E-state index in [2.05, 4.69) is 34.2 Å². The quantitative estimate of drug-likeness (QED) is 0.858. The van der Waals surface area contributed by atoms with Crippen LogP contribution < -0.4 is 10.2 Å². The van der Waals surface area contributed by atoms with E-state index in [0.717, 1.165) is 20.9 Å². The van der Waals surface area contributed by atoms with Crippen molar-refractivity contribution in [1.82, 2.24) is 5.32 Å². The number of anilines is 1. The highest BCUT2D eigenvalue weighted by atomic mass is 79.9. The fourth-order valence-electron chi connectivity index (χ4n) is 2.52. The molecule has 0 bridgehead atoms. The fourth-order valence-corrected chi connectivity index (χ4v) is 3.94. The number of nitrogens with one attached hydrogen (secondary N) is 1. The Labute approximate surface area is 130 Å². The number of para-hydroxylation sites is 1. The average Bonchev–Trinajstić information content (AvgIpc) is 3.01. The molecule has 2 aromatic rings. The van der Waals surface area contributed by atoms with Crippen molar-refractivity contribution in [2.24, 2.45) is 0 Å². The Morgan fingerprint density at radius 3 is 2.95 bits per heavy atom. The first-order valence-corrected chi connectivity index (χ1v) is 8.14. The van der Waals surface area contributed by atoms with Crippen molar-refractivity contribution in [3.8, 4) is 0 Å². The first kappa shape index (κ1) is 13.6. The topological polar surface area (TPSA) is 32.3 Å². The Morgan fingerprint density at radius 1 is 1.40 bits per heavy atom. The largest absolute Gasteiger partial charge is 0.333 e. The van der Waals surface area contributed by atoms with Crippen LogP contribution in [0.4, 0.5) is 10.5 Å². The number of urea groups is 1. The van der Waals surface area contributed by atoms with Crippen LogP contribution in [0.1, 0.15) is 23.3 Å². The molecule has 0 saturated carbocycles. The molecular weight excluding hydrogens is 336 g/mol. The molecule has 0 aliphatic carbocycles. The number of rotatable bonds is 2. The van der Waals surface area contributed by atoms with E-state index in [1.807, 2.05) is 35.2 Å². The lowest BCUT2D eigenvalue weighted by molar-refractivity contribution is 0.246. The Bertz CT molecular complexity index is 640. The summed E-state index contributed by atoms with van der Waals surface area (Å²) in [7, 11) is 0. The van der Waals surface area contributed by atoms with Gasteiger partial charge < -0.3 is 5.32 Å². The van der Waals surface area contributed by atoms with Crippen LogP contribution in [0.25, 0.3) is 0 Å². The molecular formula is C15H15BrN2OS. The molecule has 0 radical (unpaired) electrons. The van der Waals surface area contributed by atoms with Gasteiger partial charge in [-0.05, 0) is 39.7 Å². The summed E-state index contributed by atoms with van der Waals surface area (Å²) < 4.78 is 1.09. The molecule has 2 heterocycles. The minimum atomic E-state index is -0.0219. The highest BCUT2D eigenvalue weighted by molar-refractivity contribution is 9.11. The number of benzene rings is 1. The van der Waals surface area contributed by atoms with E-state index in [-0.39, 0.29) is 6.03 Å². The van der Waals surface area contributed by atoms with E-state index in [0.29, 0.717) is 12.5 Å². The van der Waals surface area contributed by atoms with E-state index in [9.17, 15) is 4.79 Å². The van der Waals surface area contributed by atoms with Crippen molar-refractivity contribution in [3.63, 3.8) is 0 Å². The molecule has 0 saturated heterocycles. The molecule has 20 heavy (non-hydrogen) atoms. The molecule has 1 aliphatic heterocycles. The van der Waals surface area contributed by atoms with Crippen molar-refractivity contribution in [1.29, 1.82) is 0 Å². The van der Waals surface area contributed by atoms with Gasteiger partial charge in [-0.1, -0.05) is 25.1 Å². The molecule has 2 amide bonds. The number of hydrogen-bond donors (Lipinski definition) is 1. The number of fused-ring (bicyclic) bond motifs is 1. The van der Waals surface area contributed by atoms with E-state index < -0.39 is 0 Å². The summed E-state index contributed by atoms with van der Waals surface area (Å²) in [6.07, 6.45) is 0. The Balaban J connectivity index is 1.69. The van der Waals surface area contributed by atoms with Crippen LogP contribution >= 0.6 is 27.3 Å². The zero-order valence-electron chi connectivity index (χ0n) is 11.1. The average molecular weight is 351 g/mol. The maximum atomic E-state index is 12.3. The fraction of sp³-hybridized carbons (Fsp3) is 0.267. The molecule has 1 aliphatic rings. The molecule has 1 atom stereocenters. The lowest BCUT2D eigenvalue weighted by Crippen LogP contribution is -2.38. The lowest BCUT2D eigenvalue weighted by atomic mass is 10.0. The second-order valence-electron chi connectivity index (χ2n) is 4.93. The molecule has 1 aromatic heterocycles. The lowest BCUT2D eigenvalue weighted by Gasteiger charge is -2.18. The third-order valence-electron chi connectivity index (χ3n) is 3.50. The summed E-state index contributed by atoms with van der Waals surface area (Å²) in [5.41, 5.74) is 2.28. The highest BCUT2D eigenvalue weighted by Crippen LogP contribution is 2.35. The van der Waals surface area contributed by atoms with Crippen LogP contribution in [0.2, 0.25) is 0 Å². The highest BCUT2D eigenvalue weighted by Gasteiger charge is 2.29. The maximum absolute atomic E-state index is 12.3. The van der Waals surface area contributed by atoms with Gasteiger partial charge in [-0.3, -0.25) is 4.90 Å². The van der Waals surface area contributed by atoms with Crippen LogP contribution in [-0.4, -0.2) is 12.6 Å². The van der Waals surface area contributed by atoms with Gasteiger partial charge in [0.2, 0.25) is 0 Å². The number of amides is 2. The molecule has 0 fully saturated rings. The van der Waals surface area contributed by atoms with Gasteiger partial charge in [0, 0.05) is 23.0 Å². The Hall–Kier alpha value is -1.33. The summed E-state index contributed by atoms with van der Waals surface area (Å²) >= 11 is 5.07. The van der Waals surface area contributed by atoms with Gasteiger partial charge in [0.1, 0.15) is 0 Å². The molecule has 3 nitrogen and oxygen atoms in total. The van der Waals surface area contributed by atoms with Gasteiger partial charge >= 0.3 is 6.03 Å². The van der Waals surface area contributed by atoms with Crippen LogP contribution in [0, 0.1) is 0 Å². The molecule has 104 valence electrons. The first-order chi connectivity index (χ1) is 9.65. The maximum Gasteiger partial charge on any atom is 0.322 e. The minimum Gasteiger partial charge on any atom is -0.333 e. The standard InChI is InChI=1S/C15H15BrN2OS/c1-10-9-18(13-5-3-2-4-12(10)13)15(19)17-8-11-6-7-14(16)20-11/h2-7,10H,8-9H2,1H3,(H,17,19). The molecule has 5 heteroatoms. The second kappa shape index (κ2) is 5.58. The predicted octanol–water partition coefficient (Wildman–Crippen LogP) is 4.34. The zero-order chi connectivity index (χ0) is 14.1. The SMILES string of the molecule is CC1CN(C(=O)NCc2ccc(Br)s2)c2ccccc21. The van der Waals surface area contributed by atoms with Crippen LogP contribution in [0.3, 0.4) is 0 Å². The Morgan fingerprint density at radius 2 is 2.20 bits per heavy atom. The monoisotopic (exact) mass is 350 g/mol. The summed E-state index contributed by atoms with van der Waals surface area (Å²) in [6.45, 7) is 3.48. The summed E-state index contributed by atoms with van der Waals surface area (Å²) in [6, 6.07) is 12.1. The van der Waals surface area contributed by atoms with Gasteiger partial charge in [-0.15, -0.1) is 11.3 Å². The number of hydrogen-bond acceptors (Lipinski definition) is 2. The number of carbonyl (C=O) groups is 1. The zero-order valence-corrected chi connectivity index (χ0v) is 13.5. The van der Waals surface area contributed by atoms with Crippen molar-refractivity contribution >= 4 is 39.0 Å². The van der Waals surface area contributed by atoms with Crippen LogP contribution in [-0.2, 0) is 6.54 Å². The number of nitrogens with zero attached hydrogens (tertiary/aromatic N) is 1. The Kier molecular flexibility index (Phi) is 3.81. The van der Waals surface area contributed by atoms with Gasteiger partial charge in [0.05, 0.1) is 10.3 Å². The van der Waals surface area contributed by atoms with Crippen molar-refractivity contribution < 1.29 is 4.79 Å². The molecule has 1 unspecified atom stereocenters. The molecule has 0 spiro atoms. The van der Waals surface area contributed by atoms with Gasteiger partial charge in [-0.25, -0.2) is 4.79 Å². The number of thiophene rings is 1. The smallest absolute Gasteiger partial charge is 0.322 e. The minimum absolute atomic E-state index is 0.0219. The van der Waals surface area contributed by atoms with Gasteiger partial charge in [-0.2, -0.15) is 0 Å². The van der Waals surface area contributed by atoms with E-state index in [1.54, 1.807) is 11.3 Å². The van der Waals surface area contributed by atoms with E-state index in [4.69, 9.17) is 0 Å². The summed E-state index contributed by atoms with van der Waals surface area (Å²) in [5, 5.41) is 2.99. The van der Waals surface area contributed by atoms with Crippen molar-refractivity contribution in [2.45, 2.75) is 19.4 Å².